The Bertz CT molecular complexity index is 1150. The predicted octanol–water partition coefficient (Wildman–Crippen LogP) is 6.02. The number of hydrogen-bond acceptors (Lipinski definition) is 3. The first-order chi connectivity index (χ1) is 16.5. The van der Waals surface area contributed by atoms with Gasteiger partial charge >= 0.3 is 18.2 Å². The second-order valence-electron chi connectivity index (χ2n) is 7.99. The zero-order valence-corrected chi connectivity index (χ0v) is 20.5. The number of carbonyl (C=O) groups is 2. The summed E-state index contributed by atoms with van der Waals surface area (Å²) in [6, 6.07) is 14.2. The highest BCUT2D eigenvalue weighted by Crippen LogP contribution is 2.54. The third-order valence-electron chi connectivity index (χ3n) is 5.64. The molecule has 35 heavy (non-hydrogen) atoms. The second-order valence-corrected chi connectivity index (χ2v) is 9.04. The van der Waals surface area contributed by atoms with Crippen molar-refractivity contribution in [3.8, 4) is 0 Å². The number of benzene rings is 2. The molecular weight excluding hydrogens is 504 g/mol. The van der Waals surface area contributed by atoms with Crippen LogP contribution >= 0.6 is 23.2 Å². The molecule has 0 saturated heterocycles. The topological polar surface area (TPSA) is 58.6 Å². The van der Waals surface area contributed by atoms with E-state index < -0.39 is 23.5 Å². The molecule has 1 atom stereocenters. The van der Waals surface area contributed by atoms with E-state index in [4.69, 9.17) is 23.2 Å². The van der Waals surface area contributed by atoms with E-state index in [0.29, 0.717) is 0 Å². The second kappa shape index (κ2) is 10.7. The van der Waals surface area contributed by atoms with Crippen LogP contribution in [-0.4, -0.2) is 42.1 Å². The molecule has 0 radical (unpaired) electrons. The molecule has 1 unspecified atom stereocenters. The van der Waals surface area contributed by atoms with Crippen LogP contribution in [0.5, 0.6) is 0 Å². The number of hydrogen-bond donors (Lipinski definition) is 1. The number of rotatable bonds is 6. The number of halogens is 5. The molecule has 2 amide bonds. The lowest BCUT2D eigenvalue weighted by Gasteiger charge is -2.38. The van der Waals surface area contributed by atoms with E-state index in [1.807, 2.05) is 0 Å². The van der Waals surface area contributed by atoms with Gasteiger partial charge in [-0.3, -0.25) is 4.79 Å². The average molecular weight is 527 g/mol. The first-order valence-electron chi connectivity index (χ1n) is 10.5. The Kier molecular flexibility index (Phi) is 8.18. The SMILES string of the molecule is COC(=O)Cc1ccc(CNC(=O)N(C)C2=CC(Cl)=C(c3ccccc3)C(Cl)(C(F)(F)F)C2)cc1. The molecule has 1 aliphatic rings. The molecule has 0 saturated carbocycles. The third-order valence-corrected chi connectivity index (χ3v) is 6.48. The Morgan fingerprint density at radius 2 is 1.69 bits per heavy atom. The quantitative estimate of drug-likeness (QED) is 0.369. The van der Waals surface area contributed by atoms with E-state index in [1.54, 1.807) is 42.5 Å². The van der Waals surface area contributed by atoms with E-state index in [0.717, 1.165) is 16.0 Å². The Hall–Kier alpha value is -2.97. The van der Waals surface area contributed by atoms with E-state index in [9.17, 15) is 22.8 Å². The van der Waals surface area contributed by atoms with E-state index in [-0.39, 0.29) is 40.8 Å². The minimum absolute atomic E-state index is 0.0212. The molecule has 0 aliphatic heterocycles. The fourth-order valence-electron chi connectivity index (χ4n) is 3.67. The van der Waals surface area contributed by atoms with Gasteiger partial charge in [-0.1, -0.05) is 66.2 Å². The van der Waals surface area contributed by atoms with Crippen LogP contribution in [0.2, 0.25) is 0 Å². The van der Waals surface area contributed by atoms with Crippen molar-refractivity contribution >= 4 is 40.8 Å². The summed E-state index contributed by atoms with van der Waals surface area (Å²) in [4.78, 5) is 22.3. The Labute approximate surface area is 211 Å². The fourth-order valence-corrected chi connectivity index (χ4v) is 4.46. The normalized spacial score (nSPS) is 18.1. The van der Waals surface area contributed by atoms with E-state index in [1.165, 1.54) is 32.4 Å². The van der Waals surface area contributed by atoms with Crippen molar-refractivity contribution in [2.75, 3.05) is 14.2 Å². The maximum absolute atomic E-state index is 14.2. The molecule has 0 fully saturated rings. The number of ether oxygens (including phenoxy) is 1. The number of nitrogens with zero attached hydrogens (tertiary/aromatic N) is 1. The van der Waals surface area contributed by atoms with Gasteiger partial charge in [-0.25, -0.2) is 4.79 Å². The van der Waals surface area contributed by atoms with Crippen LogP contribution in [-0.2, 0) is 22.5 Å². The molecule has 0 heterocycles. The summed E-state index contributed by atoms with van der Waals surface area (Å²) in [5.41, 5.74) is 1.51. The smallest absolute Gasteiger partial charge is 0.412 e. The van der Waals surface area contributed by atoms with Gasteiger partial charge in [0, 0.05) is 36.3 Å². The minimum atomic E-state index is -4.83. The first-order valence-corrected chi connectivity index (χ1v) is 11.3. The molecule has 0 spiro atoms. The average Bonchev–Trinajstić information content (AvgIpc) is 2.82. The predicted molar refractivity (Wildman–Crippen MR) is 129 cm³/mol. The number of nitrogens with one attached hydrogen (secondary N) is 1. The highest BCUT2D eigenvalue weighted by molar-refractivity contribution is 6.40. The van der Waals surface area contributed by atoms with E-state index in [2.05, 4.69) is 10.1 Å². The Balaban J connectivity index is 1.77. The maximum Gasteiger partial charge on any atom is 0.412 e. The number of carbonyl (C=O) groups excluding carboxylic acids is 2. The monoisotopic (exact) mass is 526 g/mol. The van der Waals surface area contributed by atoms with Crippen LogP contribution in [0.25, 0.3) is 5.57 Å². The van der Waals surface area contributed by atoms with Crippen LogP contribution in [0.3, 0.4) is 0 Å². The maximum atomic E-state index is 14.2. The van der Waals surface area contributed by atoms with Gasteiger partial charge in [0.05, 0.1) is 13.5 Å². The van der Waals surface area contributed by atoms with Crippen molar-refractivity contribution < 1.29 is 27.5 Å². The number of amides is 2. The zero-order valence-electron chi connectivity index (χ0n) is 19.0. The minimum Gasteiger partial charge on any atom is -0.469 e. The summed E-state index contributed by atoms with van der Waals surface area (Å²) in [7, 11) is 2.66. The van der Waals surface area contributed by atoms with Crippen molar-refractivity contribution in [1.82, 2.24) is 10.2 Å². The number of allylic oxidation sites excluding steroid dienone is 4. The van der Waals surface area contributed by atoms with Crippen LogP contribution in [0.1, 0.15) is 23.1 Å². The summed E-state index contributed by atoms with van der Waals surface area (Å²) in [6.07, 6.45) is -4.05. The number of urea groups is 1. The largest absolute Gasteiger partial charge is 0.469 e. The van der Waals surface area contributed by atoms with Gasteiger partial charge < -0.3 is 15.0 Å². The molecule has 1 aliphatic carbocycles. The van der Waals surface area contributed by atoms with Crippen molar-refractivity contribution in [3.63, 3.8) is 0 Å². The highest BCUT2D eigenvalue weighted by atomic mass is 35.5. The summed E-state index contributed by atoms with van der Waals surface area (Å²) >= 11 is 12.5. The van der Waals surface area contributed by atoms with Gasteiger partial charge in [0.25, 0.3) is 0 Å². The standard InChI is InChI=1S/C25H23Cl2F3N2O3/c1-32(23(34)31-15-17-10-8-16(9-11-17)12-21(33)35-2)19-13-20(26)22(18-6-4-3-5-7-18)24(27,14-19)25(28,29)30/h3-11,13H,12,14-15H2,1-2H3,(H,31,34). The van der Waals surface area contributed by atoms with Crippen molar-refractivity contribution in [2.45, 2.75) is 30.4 Å². The van der Waals surface area contributed by atoms with Gasteiger partial charge in [0.15, 0.2) is 4.87 Å². The van der Waals surface area contributed by atoms with Gasteiger partial charge in [-0.05, 0) is 22.8 Å². The van der Waals surface area contributed by atoms with Gasteiger partial charge in [-0.2, -0.15) is 13.2 Å². The Morgan fingerprint density at radius 3 is 2.26 bits per heavy atom. The van der Waals surface area contributed by atoms with Crippen molar-refractivity contribution in [2.24, 2.45) is 0 Å². The molecular formula is C25H23Cl2F3N2O3. The van der Waals surface area contributed by atoms with Gasteiger partial charge in [0.1, 0.15) is 0 Å². The van der Waals surface area contributed by atoms with Gasteiger partial charge in [-0.15, -0.1) is 11.6 Å². The lowest BCUT2D eigenvalue weighted by atomic mass is 9.83. The Morgan fingerprint density at radius 1 is 1.09 bits per heavy atom. The molecule has 5 nitrogen and oxygen atoms in total. The fraction of sp³-hybridized carbons (Fsp3) is 0.280. The van der Waals surface area contributed by atoms with Crippen LogP contribution < -0.4 is 5.32 Å². The highest BCUT2D eigenvalue weighted by Gasteiger charge is 2.59. The molecule has 186 valence electrons. The first kappa shape index (κ1) is 26.6. The van der Waals surface area contributed by atoms with Crippen molar-refractivity contribution in [1.29, 1.82) is 0 Å². The molecule has 1 N–H and O–H groups in total. The zero-order chi connectivity index (χ0) is 25.8. The molecule has 10 heteroatoms. The third kappa shape index (κ3) is 6.00. The summed E-state index contributed by atoms with van der Waals surface area (Å²) in [6.45, 7) is 0.124. The molecule has 0 aromatic heterocycles. The lowest BCUT2D eigenvalue weighted by Crippen LogP contribution is -2.46. The van der Waals surface area contributed by atoms with Crippen molar-refractivity contribution in [3.05, 3.63) is 88.1 Å². The van der Waals surface area contributed by atoms with Crippen LogP contribution in [0.4, 0.5) is 18.0 Å². The summed E-state index contributed by atoms with van der Waals surface area (Å²) in [5.74, 6) is -0.370. The molecule has 2 aromatic carbocycles. The summed E-state index contributed by atoms with van der Waals surface area (Å²) < 4.78 is 47.2. The summed E-state index contributed by atoms with van der Waals surface area (Å²) in [5, 5.41) is 2.47. The van der Waals surface area contributed by atoms with Crippen LogP contribution in [0.15, 0.2) is 71.4 Å². The van der Waals surface area contributed by atoms with Crippen LogP contribution in [0, 0.1) is 0 Å². The van der Waals surface area contributed by atoms with Gasteiger partial charge in [0.2, 0.25) is 0 Å². The molecule has 3 rings (SSSR count). The number of methoxy groups -OCH3 is 1. The molecule has 0 bridgehead atoms. The lowest BCUT2D eigenvalue weighted by molar-refractivity contribution is -0.148. The number of alkyl halides is 4. The van der Waals surface area contributed by atoms with E-state index >= 15 is 0 Å². The molecule has 2 aromatic rings. The number of esters is 1.